The van der Waals surface area contributed by atoms with Gasteiger partial charge in [0.2, 0.25) is 0 Å². The lowest BCUT2D eigenvalue weighted by Gasteiger charge is -2.11. The Morgan fingerprint density at radius 3 is 2.48 bits per heavy atom. The minimum Gasteiger partial charge on any atom is -0.487 e. The van der Waals surface area contributed by atoms with E-state index in [4.69, 9.17) is 25.5 Å². The van der Waals surface area contributed by atoms with Crippen molar-refractivity contribution >= 4 is 74.7 Å². The van der Waals surface area contributed by atoms with Crippen LogP contribution in [0.15, 0.2) is 69.9 Å². The van der Waals surface area contributed by atoms with Gasteiger partial charge in [-0.15, -0.1) is 0 Å². The van der Waals surface area contributed by atoms with Gasteiger partial charge in [-0.2, -0.15) is 0 Å². The summed E-state index contributed by atoms with van der Waals surface area (Å²) < 4.78 is 18.3. The number of aliphatic imine (C=N–C) groups is 1. The fraction of sp³-hybridized carbons (Fsp3) is 0.0476. The minimum absolute atomic E-state index is 0.165. The van der Waals surface area contributed by atoms with Crippen molar-refractivity contribution in [2.75, 3.05) is 0 Å². The molecule has 0 fully saturated rings. The molecule has 3 aromatic rings. The maximum atomic E-state index is 12.1. The topological polar surface area (TPSA) is 61.0 Å². The maximum Gasteiger partial charge on any atom is 0.363 e. The number of hydrogen-bond acceptors (Lipinski definition) is 5. The van der Waals surface area contributed by atoms with Gasteiger partial charge in [0.15, 0.2) is 11.5 Å². The number of ether oxygens (including phenoxy) is 2. The maximum absolute atomic E-state index is 12.1. The van der Waals surface area contributed by atoms with Crippen LogP contribution in [0.5, 0.6) is 5.75 Å². The molecule has 0 saturated heterocycles. The number of cyclic esters (lactones) is 1. The van der Waals surface area contributed by atoms with Crippen molar-refractivity contribution in [2.45, 2.75) is 6.61 Å². The van der Waals surface area contributed by atoms with E-state index < -0.39 is 5.97 Å². The number of benzene rings is 2. The number of furan rings is 1. The van der Waals surface area contributed by atoms with Crippen molar-refractivity contribution in [3.63, 3.8) is 0 Å². The van der Waals surface area contributed by atoms with E-state index in [0.29, 0.717) is 17.4 Å². The Morgan fingerprint density at radius 2 is 1.83 bits per heavy atom. The zero-order valence-corrected chi connectivity index (χ0v) is 19.8. The van der Waals surface area contributed by atoms with Crippen molar-refractivity contribution in [1.82, 2.24) is 0 Å². The van der Waals surface area contributed by atoms with Crippen LogP contribution >= 0.6 is 56.8 Å². The SMILES string of the molecule is O=C1OC(c2ccco2)=N/C1=C\c1cc(I)c(OCc2ccc(Cl)cc2)c(I)c1. The van der Waals surface area contributed by atoms with Gasteiger partial charge in [-0.3, -0.25) is 0 Å². The zero-order chi connectivity index (χ0) is 20.4. The summed E-state index contributed by atoms with van der Waals surface area (Å²) in [4.78, 5) is 16.4. The molecule has 29 heavy (non-hydrogen) atoms. The Hall–Kier alpha value is -1.85. The molecule has 0 spiro atoms. The first kappa shape index (κ1) is 20.4. The van der Waals surface area contributed by atoms with Gasteiger partial charge in [0, 0.05) is 5.02 Å². The Kier molecular flexibility index (Phi) is 6.26. The molecule has 0 bridgehead atoms. The highest BCUT2D eigenvalue weighted by Gasteiger charge is 2.26. The lowest BCUT2D eigenvalue weighted by Crippen LogP contribution is -2.04. The Labute approximate surface area is 199 Å². The third-order valence-electron chi connectivity index (χ3n) is 3.97. The lowest BCUT2D eigenvalue weighted by molar-refractivity contribution is -0.130. The molecule has 1 aliphatic heterocycles. The molecule has 1 aliphatic rings. The van der Waals surface area contributed by atoms with E-state index in [1.54, 1.807) is 18.2 Å². The molecular weight excluding hydrogens is 619 g/mol. The molecule has 2 aromatic carbocycles. The molecule has 0 saturated carbocycles. The van der Waals surface area contributed by atoms with Crippen LogP contribution in [0.3, 0.4) is 0 Å². The minimum atomic E-state index is -0.510. The number of nitrogens with zero attached hydrogens (tertiary/aromatic N) is 1. The number of hydrogen-bond donors (Lipinski definition) is 0. The van der Waals surface area contributed by atoms with Gasteiger partial charge < -0.3 is 13.9 Å². The third-order valence-corrected chi connectivity index (χ3v) is 5.83. The van der Waals surface area contributed by atoms with Crippen LogP contribution < -0.4 is 4.74 Å². The van der Waals surface area contributed by atoms with Gasteiger partial charge in [-0.05, 0) is 98.8 Å². The smallest absolute Gasteiger partial charge is 0.363 e. The average Bonchev–Trinajstić information content (AvgIpc) is 3.33. The molecule has 8 heteroatoms. The van der Waals surface area contributed by atoms with E-state index >= 15 is 0 Å². The van der Waals surface area contributed by atoms with Gasteiger partial charge >= 0.3 is 5.97 Å². The monoisotopic (exact) mass is 631 g/mol. The van der Waals surface area contributed by atoms with Crippen LogP contribution in [0.1, 0.15) is 16.9 Å². The molecule has 0 atom stereocenters. The summed E-state index contributed by atoms with van der Waals surface area (Å²) in [6.07, 6.45) is 3.19. The third kappa shape index (κ3) is 4.84. The van der Waals surface area contributed by atoms with E-state index in [0.717, 1.165) is 24.0 Å². The largest absolute Gasteiger partial charge is 0.487 e. The lowest BCUT2D eigenvalue weighted by atomic mass is 10.2. The molecule has 4 rings (SSSR count). The Bertz CT molecular complexity index is 1100. The molecule has 0 aliphatic carbocycles. The molecule has 146 valence electrons. The summed E-state index contributed by atoms with van der Waals surface area (Å²) in [6.45, 7) is 0.437. The van der Waals surface area contributed by atoms with Crippen LogP contribution in [0.2, 0.25) is 5.02 Å². The van der Waals surface area contributed by atoms with E-state index in [-0.39, 0.29) is 11.6 Å². The van der Waals surface area contributed by atoms with Crippen LogP contribution in [-0.4, -0.2) is 11.9 Å². The molecule has 0 radical (unpaired) electrons. The number of rotatable bonds is 5. The quantitative estimate of drug-likeness (QED) is 0.195. The van der Waals surface area contributed by atoms with Crippen LogP contribution in [-0.2, 0) is 16.1 Å². The number of carbonyl (C=O) groups excluding carboxylic acids is 1. The molecule has 0 N–H and O–H groups in total. The van der Waals surface area contributed by atoms with Crippen molar-refractivity contribution < 1.29 is 18.7 Å². The van der Waals surface area contributed by atoms with Crippen LogP contribution in [0, 0.1) is 7.14 Å². The molecule has 1 aromatic heterocycles. The first-order valence-corrected chi connectivity index (χ1v) is 11.0. The van der Waals surface area contributed by atoms with Crippen LogP contribution in [0.4, 0.5) is 0 Å². The van der Waals surface area contributed by atoms with E-state index in [1.807, 2.05) is 36.4 Å². The van der Waals surface area contributed by atoms with Crippen molar-refractivity contribution in [1.29, 1.82) is 0 Å². The second-order valence-corrected chi connectivity index (χ2v) is 8.80. The summed E-state index contributed by atoms with van der Waals surface area (Å²) in [5, 5.41) is 0.693. The summed E-state index contributed by atoms with van der Waals surface area (Å²) in [5.41, 5.74) is 2.08. The predicted octanol–water partition coefficient (Wildman–Crippen LogP) is 6.07. The molecule has 0 unspecified atom stereocenters. The van der Waals surface area contributed by atoms with Crippen molar-refractivity contribution in [2.24, 2.45) is 4.99 Å². The standard InChI is InChI=1S/C21H12ClI2NO4/c22-14-5-3-12(4-6-14)11-28-19-15(23)8-13(9-16(19)24)10-17-21(26)29-20(25-17)18-2-1-7-27-18/h1-10H,11H2/b17-10-. The van der Waals surface area contributed by atoms with E-state index in [1.165, 1.54) is 6.26 Å². The predicted molar refractivity (Wildman–Crippen MR) is 127 cm³/mol. The number of halogens is 3. The fourth-order valence-electron chi connectivity index (χ4n) is 2.61. The number of esters is 1. The Morgan fingerprint density at radius 1 is 1.10 bits per heavy atom. The highest BCUT2D eigenvalue weighted by atomic mass is 127. The average molecular weight is 632 g/mol. The van der Waals surface area contributed by atoms with Crippen molar-refractivity contribution in [3.8, 4) is 5.75 Å². The Balaban J connectivity index is 1.54. The summed E-state index contributed by atoms with van der Waals surface area (Å²) >= 11 is 10.4. The fourth-order valence-corrected chi connectivity index (χ4v) is 4.86. The molecule has 0 amide bonds. The summed E-state index contributed by atoms with van der Waals surface area (Å²) in [6, 6.07) is 14.8. The number of carbonyl (C=O) groups is 1. The zero-order valence-electron chi connectivity index (χ0n) is 14.7. The summed E-state index contributed by atoms with van der Waals surface area (Å²) in [7, 11) is 0. The first-order valence-electron chi connectivity index (χ1n) is 8.42. The molecule has 5 nitrogen and oxygen atoms in total. The molecular formula is C21H12ClI2NO4. The second-order valence-electron chi connectivity index (χ2n) is 6.04. The highest BCUT2D eigenvalue weighted by molar-refractivity contribution is 14.1. The van der Waals surface area contributed by atoms with E-state index in [2.05, 4.69) is 50.2 Å². The van der Waals surface area contributed by atoms with Gasteiger partial charge in [-0.1, -0.05) is 23.7 Å². The second kappa shape index (κ2) is 8.88. The normalized spacial score (nSPS) is 14.8. The van der Waals surface area contributed by atoms with Gasteiger partial charge in [-0.25, -0.2) is 9.79 Å². The van der Waals surface area contributed by atoms with Gasteiger partial charge in [0.05, 0.1) is 13.4 Å². The molecule has 2 heterocycles. The van der Waals surface area contributed by atoms with Crippen LogP contribution in [0.25, 0.3) is 6.08 Å². The van der Waals surface area contributed by atoms with Crippen molar-refractivity contribution in [3.05, 3.63) is 89.5 Å². The first-order chi connectivity index (χ1) is 14.0. The van der Waals surface area contributed by atoms with Gasteiger partial charge in [0.1, 0.15) is 12.4 Å². The highest BCUT2D eigenvalue weighted by Crippen LogP contribution is 2.31. The van der Waals surface area contributed by atoms with Gasteiger partial charge in [0.25, 0.3) is 5.90 Å². The van der Waals surface area contributed by atoms with E-state index in [9.17, 15) is 4.79 Å². The summed E-state index contributed by atoms with van der Waals surface area (Å²) in [5.74, 6) is 0.858.